The van der Waals surface area contributed by atoms with Crippen molar-refractivity contribution in [1.29, 1.82) is 0 Å². The van der Waals surface area contributed by atoms with E-state index in [1.165, 1.54) is 12.1 Å². The summed E-state index contributed by atoms with van der Waals surface area (Å²) in [6.45, 7) is 2.17. The zero-order valence-electron chi connectivity index (χ0n) is 9.44. The lowest BCUT2D eigenvalue weighted by molar-refractivity contribution is -0.131. The van der Waals surface area contributed by atoms with E-state index in [-0.39, 0.29) is 15.6 Å². The average molecular weight is 289 g/mol. The summed E-state index contributed by atoms with van der Waals surface area (Å²) in [5.41, 5.74) is 0.200. The van der Waals surface area contributed by atoms with E-state index in [4.69, 9.17) is 33.0 Å². The van der Waals surface area contributed by atoms with Gasteiger partial charge in [0.15, 0.2) is 11.5 Å². The highest BCUT2D eigenvalue weighted by atomic mass is 35.5. The second-order valence-corrected chi connectivity index (χ2v) is 4.05. The van der Waals surface area contributed by atoms with Gasteiger partial charge in [0.1, 0.15) is 0 Å². The molecule has 0 saturated heterocycles. The normalized spacial score (nSPS) is 10.6. The first-order valence-corrected chi connectivity index (χ1v) is 5.78. The van der Waals surface area contributed by atoms with Crippen molar-refractivity contribution in [2.24, 2.45) is 0 Å². The molecule has 18 heavy (non-hydrogen) atoms. The van der Waals surface area contributed by atoms with Gasteiger partial charge in [0.25, 0.3) is 0 Å². The molecular formula is C12H10Cl2O4. The Balaban J connectivity index is 3.06. The number of aliphatic carboxylic acids is 1. The summed E-state index contributed by atoms with van der Waals surface area (Å²) in [5.74, 6) is -1.39. The van der Waals surface area contributed by atoms with Crippen LogP contribution in [-0.2, 0) is 4.79 Å². The quantitative estimate of drug-likeness (QED) is 0.667. The molecule has 0 radical (unpaired) electrons. The largest absolute Gasteiger partial charge is 0.491 e. The van der Waals surface area contributed by atoms with E-state index in [2.05, 4.69) is 0 Å². The molecule has 96 valence electrons. The van der Waals surface area contributed by atoms with Gasteiger partial charge in [-0.3, -0.25) is 4.79 Å². The van der Waals surface area contributed by atoms with Crippen molar-refractivity contribution in [3.8, 4) is 5.75 Å². The standard InChI is InChI=1S/C12H10Cl2O4/c1-2-18-12-8(13)5-7(6-9(12)14)10(15)3-4-11(16)17/h3-6H,2H2,1H3,(H,16,17)/b4-3+. The summed E-state index contributed by atoms with van der Waals surface area (Å²) in [6, 6.07) is 2.76. The molecule has 0 fully saturated rings. The molecule has 0 heterocycles. The van der Waals surface area contributed by atoms with Crippen molar-refractivity contribution >= 4 is 35.0 Å². The molecule has 0 aromatic heterocycles. The Hall–Kier alpha value is -1.52. The molecule has 0 amide bonds. The van der Waals surface area contributed by atoms with E-state index < -0.39 is 11.8 Å². The molecule has 6 heteroatoms. The van der Waals surface area contributed by atoms with E-state index in [1.54, 1.807) is 6.92 Å². The van der Waals surface area contributed by atoms with Gasteiger partial charge >= 0.3 is 5.97 Å². The Bertz CT molecular complexity index is 486. The van der Waals surface area contributed by atoms with Crippen molar-refractivity contribution in [3.05, 3.63) is 39.9 Å². The van der Waals surface area contributed by atoms with Gasteiger partial charge in [-0.2, -0.15) is 0 Å². The highest BCUT2D eigenvalue weighted by Gasteiger charge is 2.12. The molecule has 1 rings (SSSR count). The van der Waals surface area contributed by atoms with Crippen LogP contribution < -0.4 is 4.74 Å². The molecule has 0 spiro atoms. The fraction of sp³-hybridized carbons (Fsp3) is 0.167. The van der Waals surface area contributed by atoms with Gasteiger partial charge in [-0.25, -0.2) is 4.79 Å². The van der Waals surface area contributed by atoms with Crippen LogP contribution in [0.15, 0.2) is 24.3 Å². The Morgan fingerprint density at radius 2 is 1.83 bits per heavy atom. The van der Waals surface area contributed by atoms with Gasteiger partial charge < -0.3 is 9.84 Å². The number of carboxylic acid groups (broad SMARTS) is 1. The lowest BCUT2D eigenvalue weighted by Crippen LogP contribution is -1.99. The summed E-state index contributed by atoms with van der Waals surface area (Å²) < 4.78 is 5.21. The monoisotopic (exact) mass is 288 g/mol. The number of benzene rings is 1. The zero-order chi connectivity index (χ0) is 13.7. The first-order chi connectivity index (χ1) is 8.45. The predicted octanol–water partition coefficient (Wildman–Crippen LogP) is 3.22. The van der Waals surface area contributed by atoms with Crippen molar-refractivity contribution in [2.75, 3.05) is 6.61 Å². The topological polar surface area (TPSA) is 63.6 Å². The molecule has 0 aliphatic carbocycles. The van der Waals surface area contributed by atoms with Crippen molar-refractivity contribution in [1.82, 2.24) is 0 Å². The van der Waals surface area contributed by atoms with Crippen LogP contribution in [0.2, 0.25) is 10.0 Å². The molecule has 1 aromatic carbocycles. The Labute approximate surface area is 114 Å². The van der Waals surface area contributed by atoms with Gasteiger partial charge in [0, 0.05) is 11.6 Å². The minimum absolute atomic E-state index is 0.200. The van der Waals surface area contributed by atoms with Gasteiger partial charge in [-0.1, -0.05) is 23.2 Å². The van der Waals surface area contributed by atoms with Gasteiger partial charge in [0.2, 0.25) is 0 Å². The number of carbonyl (C=O) groups excluding carboxylic acids is 1. The third-order valence-corrected chi connectivity index (χ3v) is 2.51. The lowest BCUT2D eigenvalue weighted by atomic mass is 10.1. The zero-order valence-corrected chi connectivity index (χ0v) is 11.0. The molecule has 1 N–H and O–H groups in total. The molecule has 4 nitrogen and oxygen atoms in total. The van der Waals surface area contributed by atoms with Crippen LogP contribution in [0.1, 0.15) is 17.3 Å². The van der Waals surface area contributed by atoms with Crippen LogP contribution in [0.4, 0.5) is 0 Å². The minimum Gasteiger partial charge on any atom is -0.491 e. The van der Waals surface area contributed by atoms with Crippen LogP contribution in [0, 0.1) is 0 Å². The number of allylic oxidation sites excluding steroid dienone is 1. The van der Waals surface area contributed by atoms with Crippen molar-refractivity contribution in [2.45, 2.75) is 6.92 Å². The van der Waals surface area contributed by atoms with Crippen LogP contribution in [-0.4, -0.2) is 23.5 Å². The van der Waals surface area contributed by atoms with Crippen LogP contribution >= 0.6 is 23.2 Å². The number of halogens is 2. The van der Waals surface area contributed by atoms with Gasteiger partial charge in [0.05, 0.1) is 16.7 Å². The van der Waals surface area contributed by atoms with Gasteiger partial charge in [-0.15, -0.1) is 0 Å². The van der Waals surface area contributed by atoms with Gasteiger partial charge in [-0.05, 0) is 25.1 Å². The molecule has 0 aliphatic heterocycles. The summed E-state index contributed by atoms with van der Waals surface area (Å²) >= 11 is 11.8. The first-order valence-electron chi connectivity index (χ1n) is 5.03. The number of ether oxygens (including phenoxy) is 1. The highest BCUT2D eigenvalue weighted by Crippen LogP contribution is 2.34. The maximum atomic E-state index is 11.6. The van der Waals surface area contributed by atoms with Crippen LogP contribution in [0.25, 0.3) is 0 Å². The number of ketones is 1. The van der Waals surface area contributed by atoms with Crippen LogP contribution in [0.3, 0.4) is 0 Å². The fourth-order valence-corrected chi connectivity index (χ4v) is 1.82. The Morgan fingerprint density at radius 3 is 2.28 bits per heavy atom. The Kier molecular flexibility index (Phi) is 5.19. The lowest BCUT2D eigenvalue weighted by Gasteiger charge is -2.08. The van der Waals surface area contributed by atoms with E-state index in [0.717, 1.165) is 12.2 Å². The maximum absolute atomic E-state index is 11.6. The molecule has 0 atom stereocenters. The minimum atomic E-state index is -1.20. The number of rotatable bonds is 5. The summed E-state index contributed by atoms with van der Waals surface area (Å²) in [6.07, 6.45) is 1.69. The van der Waals surface area contributed by atoms with Crippen molar-refractivity contribution in [3.63, 3.8) is 0 Å². The second-order valence-electron chi connectivity index (χ2n) is 3.24. The highest BCUT2D eigenvalue weighted by molar-refractivity contribution is 6.37. The third-order valence-electron chi connectivity index (χ3n) is 1.95. The summed E-state index contributed by atoms with van der Waals surface area (Å²) in [7, 11) is 0. The number of carbonyl (C=O) groups is 2. The Morgan fingerprint density at radius 1 is 1.28 bits per heavy atom. The summed E-state index contributed by atoms with van der Waals surface area (Å²) in [4.78, 5) is 21.9. The second kappa shape index (κ2) is 6.42. The number of hydrogen-bond acceptors (Lipinski definition) is 3. The van der Waals surface area contributed by atoms with E-state index >= 15 is 0 Å². The third kappa shape index (κ3) is 3.75. The number of hydrogen-bond donors (Lipinski definition) is 1. The van der Waals surface area contributed by atoms with E-state index in [0.29, 0.717) is 12.4 Å². The van der Waals surface area contributed by atoms with Crippen LogP contribution in [0.5, 0.6) is 5.75 Å². The number of carboxylic acids is 1. The molecule has 0 aliphatic rings. The van der Waals surface area contributed by atoms with Crippen molar-refractivity contribution < 1.29 is 19.4 Å². The molecule has 1 aromatic rings. The fourth-order valence-electron chi connectivity index (χ4n) is 1.23. The SMILES string of the molecule is CCOc1c(Cl)cc(C(=O)/C=C/C(=O)O)cc1Cl. The average Bonchev–Trinajstić information content (AvgIpc) is 2.30. The maximum Gasteiger partial charge on any atom is 0.328 e. The molecular weight excluding hydrogens is 279 g/mol. The molecule has 0 saturated carbocycles. The van der Waals surface area contributed by atoms with E-state index in [9.17, 15) is 9.59 Å². The molecule has 0 bridgehead atoms. The molecule has 0 unspecified atom stereocenters. The smallest absolute Gasteiger partial charge is 0.328 e. The first kappa shape index (κ1) is 14.5. The predicted molar refractivity (Wildman–Crippen MR) is 68.7 cm³/mol. The summed E-state index contributed by atoms with van der Waals surface area (Å²) in [5, 5.41) is 8.83. The van der Waals surface area contributed by atoms with E-state index in [1.807, 2.05) is 0 Å².